The highest BCUT2D eigenvalue weighted by Gasteiger charge is 2.20. The fraction of sp³-hybridized carbons (Fsp3) is 0.0303. The Morgan fingerprint density at radius 3 is 2.41 bits per heavy atom. The molecule has 0 saturated heterocycles. The molecule has 39 heavy (non-hydrogen) atoms. The average Bonchev–Trinajstić information content (AvgIpc) is 3.58. The lowest BCUT2D eigenvalue weighted by Gasteiger charge is -2.24. The Bertz CT molecular complexity index is 1870. The van der Waals surface area contributed by atoms with Crippen molar-refractivity contribution >= 4 is 39.1 Å². The summed E-state index contributed by atoms with van der Waals surface area (Å²) in [6, 6.07) is 38.2. The van der Waals surface area contributed by atoms with E-state index in [4.69, 9.17) is 9.15 Å². The molecule has 0 radical (unpaired) electrons. The Kier molecular flexibility index (Phi) is 5.56. The van der Waals surface area contributed by atoms with Crippen LogP contribution >= 0.6 is 0 Å². The van der Waals surface area contributed by atoms with Crippen LogP contribution in [0.5, 0.6) is 11.5 Å². The minimum Gasteiger partial charge on any atom is -0.456 e. The van der Waals surface area contributed by atoms with Crippen LogP contribution in [0.3, 0.4) is 0 Å². The second-order valence-electron chi connectivity index (χ2n) is 9.28. The van der Waals surface area contributed by atoms with E-state index in [1.54, 1.807) is 10.9 Å². The molecule has 3 heterocycles. The number of fused-ring (bicyclic) bond motifs is 3. The van der Waals surface area contributed by atoms with Crippen LogP contribution < -0.4 is 9.64 Å². The van der Waals surface area contributed by atoms with Crippen molar-refractivity contribution in [1.82, 2.24) is 14.8 Å². The maximum absolute atomic E-state index is 6.65. The van der Waals surface area contributed by atoms with Gasteiger partial charge in [0, 0.05) is 48.2 Å². The van der Waals surface area contributed by atoms with Gasteiger partial charge in [-0.1, -0.05) is 54.6 Å². The zero-order valence-electron chi connectivity index (χ0n) is 21.2. The predicted octanol–water partition coefficient (Wildman–Crippen LogP) is 8.64. The number of benzene rings is 4. The lowest BCUT2D eigenvalue weighted by atomic mass is 10.1. The third-order valence-corrected chi connectivity index (χ3v) is 6.65. The van der Waals surface area contributed by atoms with Crippen LogP contribution in [0.1, 0.15) is 0 Å². The highest BCUT2D eigenvalue weighted by Crippen LogP contribution is 2.44. The van der Waals surface area contributed by atoms with E-state index in [-0.39, 0.29) is 0 Å². The van der Waals surface area contributed by atoms with Gasteiger partial charge in [-0.3, -0.25) is 9.58 Å². The molecular formula is C33H24N4O2. The molecule has 0 saturated carbocycles. The summed E-state index contributed by atoms with van der Waals surface area (Å²) in [5.41, 5.74) is 5.28. The fourth-order valence-corrected chi connectivity index (χ4v) is 4.90. The Hall–Kier alpha value is -5.36. The molecule has 7 rings (SSSR count). The topological polar surface area (TPSA) is 56.3 Å². The van der Waals surface area contributed by atoms with Crippen molar-refractivity contribution in [2.24, 2.45) is 7.05 Å². The lowest BCUT2D eigenvalue weighted by molar-refractivity contribution is 0.488. The molecule has 7 aromatic rings. The van der Waals surface area contributed by atoms with Crippen molar-refractivity contribution < 1.29 is 9.15 Å². The molecule has 0 amide bonds. The van der Waals surface area contributed by atoms with Crippen molar-refractivity contribution in [2.75, 3.05) is 4.90 Å². The predicted molar refractivity (Wildman–Crippen MR) is 155 cm³/mol. The van der Waals surface area contributed by atoms with Crippen LogP contribution in [-0.2, 0) is 7.05 Å². The maximum Gasteiger partial charge on any atom is 0.141 e. The Labute approximate surface area is 225 Å². The summed E-state index contributed by atoms with van der Waals surface area (Å²) in [6.07, 6.45) is 3.73. The van der Waals surface area contributed by atoms with Gasteiger partial charge >= 0.3 is 0 Å². The van der Waals surface area contributed by atoms with E-state index in [9.17, 15) is 0 Å². The van der Waals surface area contributed by atoms with E-state index in [2.05, 4.69) is 39.2 Å². The molecule has 0 aliphatic heterocycles. The quantitative estimate of drug-likeness (QED) is 0.225. The molecule has 0 fully saturated rings. The summed E-state index contributed by atoms with van der Waals surface area (Å²) in [5.74, 6) is 2.20. The average molecular weight is 509 g/mol. The number of hydrogen-bond donors (Lipinski definition) is 0. The fourth-order valence-electron chi connectivity index (χ4n) is 4.90. The first-order chi connectivity index (χ1) is 19.2. The van der Waals surface area contributed by atoms with E-state index in [1.807, 2.05) is 104 Å². The number of rotatable bonds is 6. The molecule has 0 N–H and O–H groups in total. The molecule has 0 unspecified atom stereocenters. The van der Waals surface area contributed by atoms with Gasteiger partial charge in [0.05, 0.1) is 16.8 Å². The van der Waals surface area contributed by atoms with Gasteiger partial charge in [-0.05, 0) is 48.5 Å². The number of nitrogens with zero attached hydrogens (tertiary/aromatic N) is 4. The van der Waals surface area contributed by atoms with E-state index < -0.39 is 0 Å². The summed E-state index contributed by atoms with van der Waals surface area (Å²) in [7, 11) is 1.91. The lowest BCUT2D eigenvalue weighted by Crippen LogP contribution is -2.11. The van der Waals surface area contributed by atoms with E-state index in [1.165, 1.54) is 0 Å². The first-order valence-corrected chi connectivity index (χ1v) is 12.7. The van der Waals surface area contributed by atoms with E-state index in [0.29, 0.717) is 11.5 Å². The number of hydrogen-bond acceptors (Lipinski definition) is 5. The second kappa shape index (κ2) is 9.50. The van der Waals surface area contributed by atoms with Gasteiger partial charge in [0.2, 0.25) is 0 Å². The molecule has 188 valence electrons. The number of furan rings is 1. The van der Waals surface area contributed by atoms with Gasteiger partial charge in [0.15, 0.2) is 0 Å². The molecule has 4 aromatic carbocycles. The zero-order chi connectivity index (χ0) is 26.2. The summed E-state index contributed by atoms with van der Waals surface area (Å²) < 4.78 is 14.8. The van der Waals surface area contributed by atoms with Crippen molar-refractivity contribution in [2.45, 2.75) is 0 Å². The molecule has 0 aliphatic carbocycles. The van der Waals surface area contributed by atoms with Crippen LogP contribution in [0.2, 0.25) is 0 Å². The summed E-state index contributed by atoms with van der Waals surface area (Å²) in [6.45, 7) is 0. The standard InChI is InChI=1S/C33H24N4O2/c1-36-19-17-28(35-36)23-10-9-13-26(20-23)38-30-21-25(22-31-33(30)27-14-5-6-15-29(27)39-31)37(24-11-3-2-4-12-24)32-16-7-8-18-34-32/h2-22H,1H3. The normalized spacial score (nSPS) is 11.2. The Balaban J connectivity index is 1.42. The largest absolute Gasteiger partial charge is 0.456 e. The van der Waals surface area contributed by atoms with E-state index >= 15 is 0 Å². The third-order valence-electron chi connectivity index (χ3n) is 6.65. The van der Waals surface area contributed by atoms with Crippen molar-refractivity contribution in [3.63, 3.8) is 0 Å². The van der Waals surface area contributed by atoms with Crippen LogP contribution in [0.15, 0.2) is 132 Å². The first-order valence-electron chi connectivity index (χ1n) is 12.7. The molecule has 0 aliphatic rings. The van der Waals surface area contributed by atoms with Gasteiger partial charge in [-0.15, -0.1) is 0 Å². The third kappa shape index (κ3) is 4.28. The zero-order valence-corrected chi connectivity index (χ0v) is 21.2. The monoisotopic (exact) mass is 508 g/mol. The number of pyridine rings is 1. The van der Waals surface area contributed by atoms with Gasteiger partial charge < -0.3 is 9.15 Å². The molecule has 6 heteroatoms. The number of ether oxygens (including phenoxy) is 1. The van der Waals surface area contributed by atoms with Crippen LogP contribution in [-0.4, -0.2) is 14.8 Å². The van der Waals surface area contributed by atoms with Gasteiger partial charge in [-0.2, -0.15) is 5.10 Å². The smallest absolute Gasteiger partial charge is 0.141 e. The van der Waals surface area contributed by atoms with Crippen molar-refractivity contribution in [3.05, 3.63) is 128 Å². The molecule has 0 spiro atoms. The van der Waals surface area contributed by atoms with Crippen LogP contribution in [0, 0.1) is 0 Å². The number of aromatic nitrogens is 3. The van der Waals surface area contributed by atoms with Gasteiger partial charge in [0.1, 0.15) is 28.5 Å². The molecule has 0 atom stereocenters. The second-order valence-corrected chi connectivity index (χ2v) is 9.28. The number of para-hydroxylation sites is 2. The maximum atomic E-state index is 6.65. The number of anilines is 3. The molecule has 0 bridgehead atoms. The SMILES string of the molecule is Cn1ccc(-c2cccc(Oc3cc(N(c4ccccc4)c4ccccn4)cc4oc5ccccc5c34)c2)n1. The summed E-state index contributed by atoms with van der Waals surface area (Å²) in [4.78, 5) is 6.76. The molecular weight excluding hydrogens is 484 g/mol. The number of aryl methyl sites for hydroxylation is 1. The highest BCUT2D eigenvalue weighted by molar-refractivity contribution is 6.09. The minimum absolute atomic E-state index is 0.697. The van der Waals surface area contributed by atoms with Crippen LogP contribution in [0.4, 0.5) is 17.2 Å². The van der Waals surface area contributed by atoms with Gasteiger partial charge in [0.25, 0.3) is 0 Å². The van der Waals surface area contributed by atoms with Crippen molar-refractivity contribution in [1.29, 1.82) is 0 Å². The van der Waals surface area contributed by atoms with E-state index in [0.717, 1.165) is 50.4 Å². The first kappa shape index (κ1) is 22.8. The molecule has 6 nitrogen and oxygen atoms in total. The summed E-state index contributed by atoms with van der Waals surface area (Å²) in [5, 5.41) is 6.47. The summed E-state index contributed by atoms with van der Waals surface area (Å²) >= 11 is 0. The minimum atomic E-state index is 0.697. The van der Waals surface area contributed by atoms with Crippen LogP contribution in [0.25, 0.3) is 33.2 Å². The highest BCUT2D eigenvalue weighted by atomic mass is 16.5. The Morgan fingerprint density at radius 2 is 1.59 bits per heavy atom. The Morgan fingerprint density at radius 1 is 0.744 bits per heavy atom. The van der Waals surface area contributed by atoms with Gasteiger partial charge in [-0.25, -0.2) is 4.98 Å². The van der Waals surface area contributed by atoms with Crippen molar-refractivity contribution in [3.8, 4) is 22.8 Å². The molecule has 3 aromatic heterocycles.